The van der Waals surface area contributed by atoms with Crippen LogP contribution in [0.4, 0.5) is 6.01 Å². The van der Waals surface area contributed by atoms with Gasteiger partial charge in [-0.3, -0.25) is 4.79 Å². The summed E-state index contributed by atoms with van der Waals surface area (Å²) in [6.45, 7) is 5.56. The molecule has 5 heteroatoms. The highest BCUT2D eigenvalue weighted by Gasteiger charge is 2.44. The summed E-state index contributed by atoms with van der Waals surface area (Å²) in [6.07, 6.45) is 2.01. The zero-order chi connectivity index (χ0) is 18.6. The van der Waals surface area contributed by atoms with E-state index in [9.17, 15) is 4.79 Å². The van der Waals surface area contributed by atoms with Crippen molar-refractivity contribution in [1.82, 2.24) is 4.98 Å². The van der Waals surface area contributed by atoms with Gasteiger partial charge < -0.3 is 14.1 Å². The Balaban J connectivity index is 1.38. The number of rotatable bonds is 1. The molecule has 1 fully saturated rings. The first-order valence-corrected chi connectivity index (χ1v) is 9.47. The smallest absolute Gasteiger partial charge is 0.298 e. The lowest BCUT2D eigenvalue weighted by Crippen LogP contribution is -2.51. The number of ether oxygens (including phenoxy) is 1. The number of hydrogen-bond donors (Lipinski definition) is 0. The summed E-state index contributed by atoms with van der Waals surface area (Å²) in [5.41, 5.74) is 4.15. The lowest BCUT2D eigenvalue weighted by atomic mass is 9.81. The topological polar surface area (TPSA) is 55.6 Å². The van der Waals surface area contributed by atoms with E-state index in [-0.39, 0.29) is 5.78 Å². The Labute approximate surface area is 157 Å². The van der Waals surface area contributed by atoms with Crippen molar-refractivity contribution in [1.29, 1.82) is 0 Å². The van der Waals surface area contributed by atoms with E-state index >= 15 is 0 Å². The molecule has 0 bridgehead atoms. The summed E-state index contributed by atoms with van der Waals surface area (Å²) < 4.78 is 12.3. The molecule has 0 atom stereocenters. The maximum Gasteiger partial charge on any atom is 0.298 e. The van der Waals surface area contributed by atoms with Crippen LogP contribution in [-0.4, -0.2) is 29.5 Å². The maximum atomic E-state index is 12.8. The number of carbonyl (C=O) groups excluding carboxylic acids is 1. The fraction of sp³-hybridized carbons (Fsp3) is 0.364. The molecule has 2 aliphatic rings. The van der Waals surface area contributed by atoms with Gasteiger partial charge in [0.1, 0.15) is 16.9 Å². The molecule has 0 amide bonds. The van der Waals surface area contributed by atoms with Crippen molar-refractivity contribution >= 4 is 22.9 Å². The molecular weight excluding hydrogens is 340 g/mol. The Bertz CT molecular complexity index is 1010. The van der Waals surface area contributed by atoms with E-state index in [0.717, 1.165) is 59.5 Å². The molecule has 1 aromatic heterocycles. The molecule has 3 aromatic rings. The molecule has 5 nitrogen and oxygen atoms in total. The van der Waals surface area contributed by atoms with Crippen LogP contribution in [-0.2, 0) is 0 Å². The second-order valence-corrected chi connectivity index (χ2v) is 7.79. The van der Waals surface area contributed by atoms with Gasteiger partial charge in [0, 0.05) is 25.9 Å². The highest BCUT2D eigenvalue weighted by Crippen LogP contribution is 2.41. The number of piperidine rings is 1. The maximum absolute atomic E-state index is 12.8. The van der Waals surface area contributed by atoms with E-state index in [1.807, 2.05) is 50.2 Å². The average molecular weight is 362 g/mol. The van der Waals surface area contributed by atoms with E-state index in [2.05, 4.69) is 9.88 Å². The minimum Gasteiger partial charge on any atom is -0.486 e. The number of ketones is 1. The van der Waals surface area contributed by atoms with Gasteiger partial charge in [-0.25, -0.2) is 0 Å². The van der Waals surface area contributed by atoms with Gasteiger partial charge in [0.15, 0.2) is 11.4 Å². The van der Waals surface area contributed by atoms with Gasteiger partial charge in [-0.1, -0.05) is 18.2 Å². The molecule has 27 heavy (non-hydrogen) atoms. The predicted octanol–water partition coefficient (Wildman–Crippen LogP) is 4.45. The molecule has 0 saturated carbocycles. The van der Waals surface area contributed by atoms with Crippen molar-refractivity contribution in [2.45, 2.75) is 38.7 Å². The molecule has 0 unspecified atom stereocenters. The molecule has 1 saturated heterocycles. The summed E-state index contributed by atoms with van der Waals surface area (Å²) in [7, 11) is 0. The molecule has 0 N–H and O–H groups in total. The van der Waals surface area contributed by atoms with Gasteiger partial charge in [-0.2, -0.15) is 4.98 Å². The second kappa shape index (κ2) is 5.84. The van der Waals surface area contributed by atoms with Crippen molar-refractivity contribution in [2.75, 3.05) is 18.0 Å². The van der Waals surface area contributed by atoms with Crippen LogP contribution in [0.2, 0.25) is 0 Å². The van der Waals surface area contributed by atoms with Crippen LogP contribution >= 0.6 is 0 Å². The summed E-state index contributed by atoms with van der Waals surface area (Å²) in [4.78, 5) is 19.6. The number of para-hydroxylation sites is 2. The van der Waals surface area contributed by atoms with Crippen LogP contribution in [0.1, 0.15) is 40.7 Å². The van der Waals surface area contributed by atoms with Gasteiger partial charge in [0.25, 0.3) is 6.01 Å². The number of fused-ring (bicyclic) bond motifs is 2. The minimum atomic E-state index is -0.410. The Morgan fingerprint density at radius 1 is 1.11 bits per heavy atom. The molecule has 3 heterocycles. The summed E-state index contributed by atoms with van der Waals surface area (Å²) >= 11 is 0. The fourth-order valence-electron chi connectivity index (χ4n) is 4.40. The molecular formula is C22H22N2O3. The number of aromatic nitrogens is 1. The first-order chi connectivity index (χ1) is 13.0. The van der Waals surface area contributed by atoms with Crippen molar-refractivity contribution in [3.8, 4) is 5.75 Å². The van der Waals surface area contributed by atoms with Crippen LogP contribution in [0.15, 0.2) is 40.8 Å². The Morgan fingerprint density at radius 3 is 2.67 bits per heavy atom. The second-order valence-electron chi connectivity index (χ2n) is 7.79. The SMILES string of the molecule is Cc1cc(C)c2c(c1)OC1(CCN(c3nc4ccccc4o3)CC1)CC2=O. The highest BCUT2D eigenvalue weighted by molar-refractivity contribution is 6.01. The predicted molar refractivity (Wildman–Crippen MR) is 104 cm³/mol. The summed E-state index contributed by atoms with van der Waals surface area (Å²) in [6, 6.07) is 12.5. The monoisotopic (exact) mass is 362 g/mol. The first-order valence-electron chi connectivity index (χ1n) is 9.47. The fourth-order valence-corrected chi connectivity index (χ4v) is 4.40. The van der Waals surface area contributed by atoms with Gasteiger partial charge in [0.05, 0.1) is 12.0 Å². The third kappa shape index (κ3) is 2.69. The zero-order valence-corrected chi connectivity index (χ0v) is 15.6. The molecule has 0 aliphatic carbocycles. The van der Waals surface area contributed by atoms with E-state index in [0.29, 0.717) is 12.4 Å². The number of aryl methyl sites for hydroxylation is 2. The number of anilines is 1. The Hall–Kier alpha value is -2.82. The number of benzene rings is 2. The Morgan fingerprint density at radius 2 is 1.89 bits per heavy atom. The number of nitrogens with zero attached hydrogens (tertiary/aromatic N) is 2. The average Bonchev–Trinajstić information content (AvgIpc) is 3.05. The van der Waals surface area contributed by atoms with Gasteiger partial charge >= 0.3 is 0 Å². The quantitative estimate of drug-likeness (QED) is 0.640. The summed E-state index contributed by atoms with van der Waals surface area (Å²) in [5.74, 6) is 0.947. The van der Waals surface area contributed by atoms with Gasteiger partial charge in [-0.05, 0) is 43.2 Å². The van der Waals surface area contributed by atoms with E-state index < -0.39 is 5.60 Å². The standard InChI is InChI=1S/C22H22N2O3/c1-14-11-15(2)20-17(25)13-22(27-19(20)12-14)7-9-24(10-8-22)21-23-16-5-3-4-6-18(16)26-21/h3-6,11-12H,7-10,13H2,1-2H3. The van der Waals surface area contributed by atoms with Gasteiger partial charge in [-0.15, -0.1) is 0 Å². The highest BCUT2D eigenvalue weighted by atomic mass is 16.5. The number of hydrogen-bond acceptors (Lipinski definition) is 5. The lowest BCUT2D eigenvalue weighted by molar-refractivity contribution is 0.0225. The first kappa shape index (κ1) is 16.4. The van der Waals surface area contributed by atoms with Crippen molar-refractivity contribution in [3.63, 3.8) is 0 Å². The van der Waals surface area contributed by atoms with Crippen LogP contribution in [0.3, 0.4) is 0 Å². The number of oxazole rings is 1. The molecule has 2 aliphatic heterocycles. The molecule has 5 rings (SSSR count). The number of carbonyl (C=O) groups is 1. The van der Waals surface area contributed by atoms with Crippen LogP contribution in [0.5, 0.6) is 5.75 Å². The van der Waals surface area contributed by atoms with Crippen LogP contribution in [0.25, 0.3) is 11.1 Å². The molecule has 1 spiro atoms. The van der Waals surface area contributed by atoms with E-state index in [1.54, 1.807) is 0 Å². The number of Topliss-reactive ketones (excluding diaryl/α,β-unsaturated/α-hetero) is 1. The van der Waals surface area contributed by atoms with E-state index in [4.69, 9.17) is 9.15 Å². The van der Waals surface area contributed by atoms with Crippen molar-refractivity contribution < 1.29 is 13.9 Å². The normalized spacial score (nSPS) is 18.6. The third-order valence-electron chi connectivity index (χ3n) is 5.76. The van der Waals surface area contributed by atoms with Crippen LogP contribution in [0, 0.1) is 13.8 Å². The van der Waals surface area contributed by atoms with Crippen LogP contribution < -0.4 is 9.64 Å². The lowest BCUT2D eigenvalue weighted by Gasteiger charge is -2.43. The molecule has 138 valence electrons. The largest absolute Gasteiger partial charge is 0.486 e. The zero-order valence-electron chi connectivity index (χ0n) is 15.6. The minimum absolute atomic E-state index is 0.198. The van der Waals surface area contributed by atoms with Crippen molar-refractivity contribution in [2.24, 2.45) is 0 Å². The Kier molecular flexibility index (Phi) is 3.54. The molecule has 0 radical (unpaired) electrons. The van der Waals surface area contributed by atoms with Gasteiger partial charge in [0.2, 0.25) is 0 Å². The summed E-state index contributed by atoms with van der Waals surface area (Å²) in [5, 5.41) is 0. The third-order valence-corrected chi connectivity index (χ3v) is 5.76. The van der Waals surface area contributed by atoms with Crippen molar-refractivity contribution in [3.05, 3.63) is 53.1 Å². The van der Waals surface area contributed by atoms with E-state index in [1.165, 1.54) is 0 Å². The molecule has 2 aromatic carbocycles.